The summed E-state index contributed by atoms with van der Waals surface area (Å²) in [5.74, 6) is 0.0981. The highest BCUT2D eigenvalue weighted by Crippen LogP contribution is 2.19. The molecule has 1 N–H and O–H groups in total. The quantitative estimate of drug-likeness (QED) is 0.698. The third-order valence-electron chi connectivity index (χ3n) is 2.59. The average Bonchev–Trinajstić information content (AvgIpc) is 2.38. The van der Waals surface area contributed by atoms with Crippen molar-refractivity contribution in [1.29, 1.82) is 0 Å². The molecule has 6 heteroatoms. The number of carbonyl (C=O) groups excluding carboxylic acids is 2. The molecule has 0 saturated carbocycles. The molecule has 1 aromatic rings. The molecule has 110 valence electrons. The van der Waals surface area contributed by atoms with E-state index in [1.54, 1.807) is 13.1 Å². The Morgan fingerprint density at radius 2 is 2.05 bits per heavy atom. The van der Waals surface area contributed by atoms with Gasteiger partial charge in [0.15, 0.2) is 0 Å². The number of hydrogen-bond acceptors (Lipinski definition) is 2. The zero-order valence-electron chi connectivity index (χ0n) is 11.7. The summed E-state index contributed by atoms with van der Waals surface area (Å²) in [5.41, 5.74) is 0.596. The van der Waals surface area contributed by atoms with Crippen LogP contribution in [0.1, 0.15) is 24.2 Å². The minimum Gasteiger partial charge on any atom is -0.354 e. The maximum absolute atomic E-state index is 12.3. The number of halogens is 2. The lowest BCUT2D eigenvalue weighted by molar-refractivity contribution is -0.121. The largest absolute Gasteiger partial charge is 0.354 e. The molecular formula is C14H18BrIN2O2. The predicted molar refractivity (Wildman–Crippen MR) is 91.7 cm³/mol. The highest BCUT2D eigenvalue weighted by molar-refractivity contribution is 14.1. The van der Waals surface area contributed by atoms with E-state index in [9.17, 15) is 9.59 Å². The Hall–Kier alpha value is -0.630. The fraction of sp³-hybridized carbons (Fsp3) is 0.429. The van der Waals surface area contributed by atoms with Gasteiger partial charge in [0.25, 0.3) is 5.91 Å². The van der Waals surface area contributed by atoms with E-state index in [0.717, 1.165) is 8.04 Å². The van der Waals surface area contributed by atoms with Crippen molar-refractivity contribution >= 4 is 50.3 Å². The molecule has 0 spiro atoms. The number of benzene rings is 1. The summed E-state index contributed by atoms with van der Waals surface area (Å²) in [5, 5.41) is 2.80. The number of carbonyl (C=O) groups is 2. The second-order valence-corrected chi connectivity index (χ2v) is 7.06. The van der Waals surface area contributed by atoms with Gasteiger partial charge >= 0.3 is 0 Å². The van der Waals surface area contributed by atoms with Crippen LogP contribution in [0.4, 0.5) is 0 Å². The third kappa shape index (κ3) is 5.40. The minimum absolute atomic E-state index is 0.0636. The second-order valence-electron chi connectivity index (χ2n) is 4.98. The molecule has 4 nitrogen and oxygen atoms in total. The van der Waals surface area contributed by atoms with Gasteiger partial charge < -0.3 is 10.2 Å². The van der Waals surface area contributed by atoms with Crippen molar-refractivity contribution < 1.29 is 9.59 Å². The van der Waals surface area contributed by atoms with Crippen LogP contribution in [-0.4, -0.2) is 36.9 Å². The Kier molecular flexibility index (Phi) is 6.94. The van der Waals surface area contributed by atoms with Crippen LogP contribution < -0.4 is 5.32 Å². The van der Waals surface area contributed by atoms with E-state index in [1.165, 1.54) is 4.90 Å². The van der Waals surface area contributed by atoms with Crippen LogP contribution in [0.3, 0.4) is 0 Å². The van der Waals surface area contributed by atoms with Crippen molar-refractivity contribution in [3.05, 3.63) is 31.8 Å². The molecule has 0 heterocycles. The molecule has 0 unspecified atom stereocenters. The highest BCUT2D eigenvalue weighted by Gasteiger charge is 2.17. The summed E-state index contributed by atoms with van der Waals surface area (Å²) in [6, 6.07) is 5.52. The van der Waals surface area contributed by atoms with Crippen LogP contribution in [0.2, 0.25) is 0 Å². The SMILES string of the molecule is CC(C)CNC(=O)CN(C)C(=O)c1cc(Br)ccc1I. The van der Waals surface area contributed by atoms with E-state index in [4.69, 9.17) is 0 Å². The minimum atomic E-state index is -0.157. The molecule has 0 saturated heterocycles. The monoisotopic (exact) mass is 452 g/mol. The van der Waals surface area contributed by atoms with E-state index in [0.29, 0.717) is 18.0 Å². The standard InChI is InChI=1S/C14H18BrIN2O2/c1-9(2)7-17-13(19)8-18(3)14(20)11-6-10(15)4-5-12(11)16/h4-6,9H,7-8H2,1-3H3,(H,17,19). The number of likely N-dealkylation sites (N-methyl/N-ethyl adjacent to an activating group) is 1. The molecule has 0 aromatic heterocycles. The van der Waals surface area contributed by atoms with E-state index in [1.807, 2.05) is 26.0 Å². The van der Waals surface area contributed by atoms with Gasteiger partial charge in [-0.3, -0.25) is 9.59 Å². The first-order valence-corrected chi connectivity index (χ1v) is 8.15. The van der Waals surface area contributed by atoms with Crippen LogP contribution in [0.15, 0.2) is 22.7 Å². The fourth-order valence-corrected chi connectivity index (χ4v) is 2.46. The molecule has 20 heavy (non-hydrogen) atoms. The zero-order valence-corrected chi connectivity index (χ0v) is 15.5. The fourth-order valence-electron chi connectivity index (χ4n) is 1.53. The molecule has 0 bridgehead atoms. The van der Waals surface area contributed by atoms with Gasteiger partial charge in [0, 0.05) is 21.6 Å². The molecule has 0 aliphatic rings. The van der Waals surface area contributed by atoms with Gasteiger partial charge in [-0.15, -0.1) is 0 Å². The van der Waals surface area contributed by atoms with Crippen LogP contribution in [-0.2, 0) is 4.79 Å². The van der Waals surface area contributed by atoms with Crippen molar-refractivity contribution in [2.75, 3.05) is 20.1 Å². The van der Waals surface area contributed by atoms with Gasteiger partial charge in [-0.1, -0.05) is 29.8 Å². The lowest BCUT2D eigenvalue weighted by atomic mass is 10.2. The number of amides is 2. The summed E-state index contributed by atoms with van der Waals surface area (Å²) in [4.78, 5) is 25.5. The molecule has 1 rings (SSSR count). The van der Waals surface area contributed by atoms with Crippen LogP contribution in [0.5, 0.6) is 0 Å². The van der Waals surface area contributed by atoms with Gasteiger partial charge in [-0.2, -0.15) is 0 Å². The van der Waals surface area contributed by atoms with E-state index in [2.05, 4.69) is 43.8 Å². The molecule has 0 aliphatic carbocycles. The van der Waals surface area contributed by atoms with Gasteiger partial charge in [0.05, 0.1) is 12.1 Å². The van der Waals surface area contributed by atoms with Crippen molar-refractivity contribution in [2.24, 2.45) is 5.92 Å². The third-order valence-corrected chi connectivity index (χ3v) is 4.03. The lowest BCUT2D eigenvalue weighted by Gasteiger charge is -2.18. The van der Waals surface area contributed by atoms with Crippen LogP contribution in [0, 0.1) is 9.49 Å². The van der Waals surface area contributed by atoms with Crippen LogP contribution in [0.25, 0.3) is 0 Å². The Morgan fingerprint density at radius 3 is 2.65 bits per heavy atom. The highest BCUT2D eigenvalue weighted by atomic mass is 127. The van der Waals surface area contributed by atoms with Gasteiger partial charge in [-0.25, -0.2) is 0 Å². The molecule has 1 aromatic carbocycles. The van der Waals surface area contributed by atoms with E-state index >= 15 is 0 Å². The maximum Gasteiger partial charge on any atom is 0.255 e. The molecular weight excluding hydrogens is 435 g/mol. The Labute approximate surface area is 141 Å². The average molecular weight is 453 g/mol. The van der Waals surface area contributed by atoms with Crippen molar-refractivity contribution in [2.45, 2.75) is 13.8 Å². The Balaban J connectivity index is 2.67. The molecule has 0 aliphatic heterocycles. The van der Waals surface area contributed by atoms with Crippen LogP contribution >= 0.6 is 38.5 Å². The Bertz CT molecular complexity index is 506. The molecule has 0 atom stereocenters. The first kappa shape index (κ1) is 17.4. The number of nitrogens with one attached hydrogen (secondary N) is 1. The summed E-state index contributed by atoms with van der Waals surface area (Å²) in [6.45, 7) is 4.74. The van der Waals surface area contributed by atoms with Gasteiger partial charge in [0.1, 0.15) is 0 Å². The number of rotatable bonds is 5. The lowest BCUT2D eigenvalue weighted by Crippen LogP contribution is -2.39. The van der Waals surface area contributed by atoms with Crippen molar-refractivity contribution in [3.63, 3.8) is 0 Å². The topological polar surface area (TPSA) is 49.4 Å². The Morgan fingerprint density at radius 1 is 1.40 bits per heavy atom. The van der Waals surface area contributed by atoms with Crippen molar-refractivity contribution in [3.8, 4) is 0 Å². The van der Waals surface area contributed by atoms with Gasteiger partial charge in [0.2, 0.25) is 5.91 Å². The second kappa shape index (κ2) is 7.97. The first-order chi connectivity index (χ1) is 9.31. The predicted octanol–water partition coefficient (Wildman–Crippen LogP) is 2.90. The van der Waals surface area contributed by atoms with E-state index < -0.39 is 0 Å². The van der Waals surface area contributed by atoms with E-state index in [-0.39, 0.29) is 18.4 Å². The maximum atomic E-state index is 12.3. The summed E-state index contributed by atoms with van der Waals surface area (Å²) in [7, 11) is 1.63. The molecule has 2 amide bonds. The summed E-state index contributed by atoms with van der Waals surface area (Å²) in [6.07, 6.45) is 0. The van der Waals surface area contributed by atoms with Crippen molar-refractivity contribution in [1.82, 2.24) is 10.2 Å². The number of hydrogen-bond donors (Lipinski definition) is 1. The molecule has 0 fully saturated rings. The normalized spacial score (nSPS) is 10.5. The summed E-state index contributed by atoms with van der Waals surface area (Å²) < 4.78 is 1.71. The zero-order chi connectivity index (χ0) is 15.3. The smallest absolute Gasteiger partial charge is 0.255 e. The first-order valence-electron chi connectivity index (χ1n) is 6.28. The summed E-state index contributed by atoms with van der Waals surface area (Å²) >= 11 is 5.47. The number of nitrogens with zero attached hydrogens (tertiary/aromatic N) is 1. The molecule has 0 radical (unpaired) electrons. The van der Waals surface area contributed by atoms with Gasteiger partial charge in [-0.05, 0) is 46.7 Å².